The summed E-state index contributed by atoms with van der Waals surface area (Å²) in [5.74, 6) is 6.44. The summed E-state index contributed by atoms with van der Waals surface area (Å²) in [7, 11) is 0. The monoisotopic (exact) mass is 306 g/mol. The molecule has 22 heavy (non-hydrogen) atoms. The summed E-state index contributed by atoms with van der Waals surface area (Å²) in [6.07, 6.45) is 2.23. The molecule has 0 atom stereocenters. The normalized spacial score (nSPS) is 20.0. The molecule has 122 valence electrons. The highest BCUT2D eigenvalue weighted by molar-refractivity contribution is 5.85. The van der Waals surface area contributed by atoms with E-state index in [1.165, 1.54) is 0 Å². The Morgan fingerprint density at radius 1 is 1.09 bits per heavy atom. The smallest absolute Gasteiger partial charge is 0.146 e. The van der Waals surface area contributed by atoms with E-state index in [-0.39, 0.29) is 6.10 Å². The molecule has 3 rings (SSSR count). The Balaban J connectivity index is 1.80. The zero-order valence-electron chi connectivity index (χ0n) is 12.9. The van der Waals surface area contributed by atoms with Crippen molar-refractivity contribution in [2.24, 2.45) is 5.84 Å². The van der Waals surface area contributed by atoms with Crippen molar-refractivity contribution in [1.82, 2.24) is 10.6 Å². The van der Waals surface area contributed by atoms with Gasteiger partial charge in [-0.1, -0.05) is 0 Å². The topological polar surface area (TPSA) is 101 Å². The number of nitrogens with two attached hydrogens (primary N) is 2. The average molecular weight is 306 g/mol. The molecule has 7 nitrogen and oxygen atoms in total. The van der Waals surface area contributed by atoms with Crippen LogP contribution in [0.1, 0.15) is 12.8 Å². The van der Waals surface area contributed by atoms with Gasteiger partial charge in [-0.25, -0.2) is 0 Å². The maximum absolute atomic E-state index is 6.33. The van der Waals surface area contributed by atoms with Gasteiger partial charge in [0.25, 0.3) is 0 Å². The van der Waals surface area contributed by atoms with Crippen molar-refractivity contribution >= 4 is 17.1 Å². The number of nitrogen functional groups attached to an aromatic ring is 2. The van der Waals surface area contributed by atoms with Gasteiger partial charge in [-0.2, -0.15) is 0 Å². The first-order chi connectivity index (χ1) is 10.8. The first-order valence-electron chi connectivity index (χ1n) is 8.01. The fourth-order valence-corrected chi connectivity index (χ4v) is 3.11. The zero-order chi connectivity index (χ0) is 15.4. The molecule has 0 radical (unpaired) electrons. The van der Waals surface area contributed by atoms with Gasteiger partial charge in [-0.3, -0.25) is 5.84 Å². The lowest BCUT2D eigenvalue weighted by atomic mass is 10.1. The van der Waals surface area contributed by atoms with E-state index in [0.717, 1.165) is 63.5 Å². The number of nitrogens with zero attached hydrogens (tertiary/aromatic N) is 1. The Morgan fingerprint density at radius 3 is 2.45 bits per heavy atom. The van der Waals surface area contributed by atoms with E-state index in [9.17, 15) is 0 Å². The standard InChI is InChI=1S/C15H26N6O/c16-14-12(21-9-7-19-8-10-21)1-2-13(15(14)20-17)22-11-3-5-18-6-4-11/h1-2,11,18-20H,3-10,16-17H2. The number of piperazine rings is 1. The summed E-state index contributed by atoms with van der Waals surface area (Å²) < 4.78 is 6.11. The van der Waals surface area contributed by atoms with Crippen molar-refractivity contribution in [3.63, 3.8) is 0 Å². The number of hydrazine groups is 1. The Kier molecular flexibility index (Phi) is 4.87. The summed E-state index contributed by atoms with van der Waals surface area (Å²) in [6.45, 7) is 5.82. The second-order valence-electron chi connectivity index (χ2n) is 5.82. The summed E-state index contributed by atoms with van der Waals surface area (Å²) in [4.78, 5) is 2.28. The molecule has 2 aliphatic heterocycles. The number of piperidine rings is 1. The molecular formula is C15H26N6O. The molecular weight excluding hydrogens is 280 g/mol. The molecule has 2 heterocycles. The summed E-state index contributed by atoms with van der Waals surface area (Å²) in [5, 5.41) is 6.68. The van der Waals surface area contributed by atoms with Crippen molar-refractivity contribution in [2.75, 3.05) is 55.3 Å². The van der Waals surface area contributed by atoms with Gasteiger partial charge in [0, 0.05) is 26.2 Å². The van der Waals surface area contributed by atoms with Crippen LogP contribution >= 0.6 is 0 Å². The molecule has 0 aliphatic carbocycles. The fourth-order valence-electron chi connectivity index (χ4n) is 3.11. The molecule has 7 heteroatoms. The van der Waals surface area contributed by atoms with Crippen LogP contribution in [0.5, 0.6) is 5.75 Å². The Bertz CT molecular complexity index is 497. The number of benzene rings is 1. The Morgan fingerprint density at radius 2 is 1.77 bits per heavy atom. The van der Waals surface area contributed by atoms with Gasteiger partial charge in [0.2, 0.25) is 0 Å². The molecule has 0 amide bonds. The van der Waals surface area contributed by atoms with Crippen molar-refractivity contribution in [3.8, 4) is 5.75 Å². The van der Waals surface area contributed by atoms with Crippen LogP contribution < -0.4 is 37.3 Å². The van der Waals surface area contributed by atoms with Crippen LogP contribution in [0.4, 0.5) is 17.1 Å². The van der Waals surface area contributed by atoms with Crippen LogP contribution in [0.2, 0.25) is 0 Å². The number of hydrogen-bond donors (Lipinski definition) is 5. The molecule has 0 saturated carbocycles. The average Bonchev–Trinajstić information content (AvgIpc) is 2.57. The quantitative estimate of drug-likeness (QED) is 0.305. The lowest BCUT2D eigenvalue weighted by Gasteiger charge is -2.32. The maximum Gasteiger partial charge on any atom is 0.146 e. The largest absolute Gasteiger partial charge is 0.488 e. The lowest BCUT2D eigenvalue weighted by Crippen LogP contribution is -2.43. The second kappa shape index (κ2) is 7.04. The molecule has 0 unspecified atom stereocenters. The minimum atomic E-state index is 0.220. The van der Waals surface area contributed by atoms with Crippen LogP contribution in [-0.4, -0.2) is 45.4 Å². The van der Waals surface area contributed by atoms with Gasteiger partial charge in [0.15, 0.2) is 0 Å². The van der Waals surface area contributed by atoms with Crippen molar-refractivity contribution in [1.29, 1.82) is 0 Å². The summed E-state index contributed by atoms with van der Waals surface area (Å²) in [5.41, 5.74) is 11.4. The van der Waals surface area contributed by atoms with Gasteiger partial charge in [-0.05, 0) is 38.1 Å². The third-order valence-corrected chi connectivity index (χ3v) is 4.37. The van der Waals surface area contributed by atoms with Gasteiger partial charge in [0.05, 0.1) is 11.4 Å². The van der Waals surface area contributed by atoms with Crippen LogP contribution in [0, 0.1) is 0 Å². The molecule has 0 aromatic heterocycles. The highest BCUT2D eigenvalue weighted by Gasteiger charge is 2.21. The Hall–Kier alpha value is -1.70. The summed E-state index contributed by atoms with van der Waals surface area (Å²) >= 11 is 0. The first-order valence-corrected chi connectivity index (χ1v) is 8.01. The van der Waals surface area contributed by atoms with Gasteiger partial charge >= 0.3 is 0 Å². The molecule has 7 N–H and O–H groups in total. The van der Waals surface area contributed by atoms with Crippen LogP contribution in [-0.2, 0) is 0 Å². The third kappa shape index (κ3) is 3.21. The minimum absolute atomic E-state index is 0.220. The fraction of sp³-hybridized carbons (Fsp3) is 0.600. The number of nitrogens with one attached hydrogen (secondary N) is 3. The van der Waals surface area contributed by atoms with E-state index in [1.54, 1.807) is 0 Å². The number of anilines is 3. The molecule has 2 aliphatic rings. The van der Waals surface area contributed by atoms with E-state index in [1.807, 2.05) is 12.1 Å². The van der Waals surface area contributed by atoms with Crippen LogP contribution in [0.3, 0.4) is 0 Å². The highest BCUT2D eigenvalue weighted by atomic mass is 16.5. The number of hydrogen-bond acceptors (Lipinski definition) is 7. The zero-order valence-corrected chi connectivity index (χ0v) is 12.9. The molecule has 1 aromatic rings. The van der Waals surface area contributed by atoms with E-state index >= 15 is 0 Å². The Labute approximate surface area is 131 Å². The molecule has 0 bridgehead atoms. The predicted molar refractivity (Wildman–Crippen MR) is 90.3 cm³/mol. The van der Waals surface area contributed by atoms with E-state index < -0.39 is 0 Å². The maximum atomic E-state index is 6.33. The molecule has 2 saturated heterocycles. The van der Waals surface area contributed by atoms with Crippen molar-refractivity contribution in [3.05, 3.63) is 12.1 Å². The number of rotatable bonds is 4. The molecule has 1 aromatic carbocycles. The van der Waals surface area contributed by atoms with Crippen molar-refractivity contribution < 1.29 is 4.74 Å². The van der Waals surface area contributed by atoms with Crippen LogP contribution in [0.25, 0.3) is 0 Å². The summed E-state index contributed by atoms with van der Waals surface area (Å²) in [6, 6.07) is 4.02. The first kappa shape index (κ1) is 15.2. The van der Waals surface area contributed by atoms with Gasteiger partial charge in [-0.15, -0.1) is 0 Å². The van der Waals surface area contributed by atoms with Gasteiger partial charge in [0.1, 0.15) is 17.5 Å². The van der Waals surface area contributed by atoms with Crippen molar-refractivity contribution in [2.45, 2.75) is 18.9 Å². The predicted octanol–water partition coefficient (Wildman–Crippen LogP) is 0.0948. The minimum Gasteiger partial charge on any atom is -0.488 e. The van der Waals surface area contributed by atoms with E-state index in [2.05, 4.69) is 21.0 Å². The highest BCUT2D eigenvalue weighted by Crippen LogP contribution is 2.38. The second-order valence-corrected chi connectivity index (χ2v) is 5.82. The van der Waals surface area contributed by atoms with Crippen LogP contribution in [0.15, 0.2) is 12.1 Å². The van der Waals surface area contributed by atoms with E-state index in [0.29, 0.717) is 11.4 Å². The third-order valence-electron chi connectivity index (χ3n) is 4.37. The van der Waals surface area contributed by atoms with Gasteiger partial charge < -0.3 is 31.4 Å². The van der Waals surface area contributed by atoms with E-state index in [4.69, 9.17) is 16.3 Å². The molecule has 2 fully saturated rings. The lowest BCUT2D eigenvalue weighted by molar-refractivity contribution is 0.163. The molecule has 0 spiro atoms. The number of ether oxygens (including phenoxy) is 1. The SMILES string of the molecule is NNc1c(OC2CCNCC2)ccc(N2CCNCC2)c1N.